The third-order valence-electron chi connectivity index (χ3n) is 6.47. The zero-order chi connectivity index (χ0) is 20.4. The van der Waals surface area contributed by atoms with Crippen LogP contribution in [0.25, 0.3) is 10.9 Å². The van der Waals surface area contributed by atoms with E-state index >= 15 is 0 Å². The first-order valence-electron chi connectivity index (χ1n) is 10.9. The van der Waals surface area contributed by atoms with E-state index in [9.17, 15) is 9.18 Å². The number of piperazine rings is 1. The molecular weight excluding hydrogens is 367 g/mol. The van der Waals surface area contributed by atoms with Crippen molar-refractivity contribution in [3.8, 4) is 0 Å². The molecule has 3 heterocycles. The summed E-state index contributed by atoms with van der Waals surface area (Å²) in [5.74, 6) is 0.522. The van der Waals surface area contributed by atoms with Crippen molar-refractivity contribution in [1.29, 1.82) is 0 Å². The molecule has 2 fully saturated rings. The summed E-state index contributed by atoms with van der Waals surface area (Å²) in [6, 6.07) is 6.87. The minimum Gasteiger partial charge on any atom is -0.371 e. The highest BCUT2D eigenvalue weighted by Crippen LogP contribution is 2.32. The Hall–Kier alpha value is -2.21. The standard InChI is InChI=1S/C23H31FN4O/c1-3-26-10-12-28(13-11-26)23(29)15-18-6-8-27(9-7-18)22-14-17(2)25-21-5-4-19(24)16-20(21)22/h4-5,14,16,18H,3,6-13,15H2,1-2H3. The number of likely N-dealkylation sites (N-methyl/N-ethyl adjacent to an activating group) is 1. The van der Waals surface area contributed by atoms with Crippen LogP contribution in [0.5, 0.6) is 0 Å². The highest BCUT2D eigenvalue weighted by atomic mass is 19.1. The molecule has 0 saturated carbocycles. The van der Waals surface area contributed by atoms with Gasteiger partial charge < -0.3 is 14.7 Å². The summed E-state index contributed by atoms with van der Waals surface area (Å²) < 4.78 is 13.8. The summed E-state index contributed by atoms with van der Waals surface area (Å²) in [5, 5.41) is 0.874. The number of carbonyl (C=O) groups excluding carboxylic acids is 1. The lowest BCUT2D eigenvalue weighted by atomic mass is 9.92. The maximum Gasteiger partial charge on any atom is 0.222 e. The molecule has 0 N–H and O–H groups in total. The maximum absolute atomic E-state index is 13.8. The lowest BCUT2D eigenvalue weighted by molar-refractivity contribution is -0.134. The Morgan fingerprint density at radius 2 is 1.83 bits per heavy atom. The summed E-state index contributed by atoms with van der Waals surface area (Å²) in [7, 11) is 0. The summed E-state index contributed by atoms with van der Waals surface area (Å²) in [6.07, 6.45) is 2.66. The molecule has 156 valence electrons. The zero-order valence-electron chi connectivity index (χ0n) is 17.5. The fourth-order valence-electron chi connectivity index (χ4n) is 4.64. The van der Waals surface area contributed by atoms with Gasteiger partial charge in [-0.05, 0) is 56.5 Å². The second-order valence-electron chi connectivity index (χ2n) is 8.39. The van der Waals surface area contributed by atoms with E-state index in [1.165, 1.54) is 6.07 Å². The number of halogens is 1. The predicted octanol–water partition coefficient (Wildman–Crippen LogP) is 3.45. The number of anilines is 1. The Morgan fingerprint density at radius 1 is 1.10 bits per heavy atom. The first-order valence-corrected chi connectivity index (χ1v) is 10.9. The van der Waals surface area contributed by atoms with Gasteiger partial charge in [0.05, 0.1) is 5.52 Å². The SMILES string of the molecule is CCN1CCN(C(=O)CC2CCN(c3cc(C)nc4ccc(F)cc34)CC2)CC1. The molecule has 2 aliphatic rings. The number of carbonyl (C=O) groups is 1. The van der Waals surface area contributed by atoms with Crippen molar-refractivity contribution >= 4 is 22.5 Å². The monoisotopic (exact) mass is 398 g/mol. The first-order chi connectivity index (χ1) is 14.0. The Kier molecular flexibility index (Phi) is 5.99. The zero-order valence-corrected chi connectivity index (χ0v) is 17.5. The molecule has 2 aromatic rings. The average molecular weight is 399 g/mol. The van der Waals surface area contributed by atoms with Crippen molar-refractivity contribution in [2.75, 3.05) is 50.7 Å². The molecule has 2 aliphatic heterocycles. The van der Waals surface area contributed by atoms with E-state index in [0.717, 1.165) is 80.9 Å². The van der Waals surface area contributed by atoms with Crippen LogP contribution in [0.3, 0.4) is 0 Å². The normalized spacial score (nSPS) is 19.1. The number of pyridine rings is 1. The van der Waals surface area contributed by atoms with Crippen LogP contribution in [0.1, 0.15) is 31.9 Å². The first kappa shape index (κ1) is 20.1. The largest absolute Gasteiger partial charge is 0.371 e. The minimum atomic E-state index is -0.229. The van der Waals surface area contributed by atoms with Crippen LogP contribution in [0.2, 0.25) is 0 Å². The molecule has 1 amide bonds. The predicted molar refractivity (Wildman–Crippen MR) is 115 cm³/mol. The van der Waals surface area contributed by atoms with E-state index in [0.29, 0.717) is 18.2 Å². The molecular formula is C23H31FN4O. The minimum absolute atomic E-state index is 0.229. The van der Waals surface area contributed by atoms with E-state index in [2.05, 4.69) is 27.8 Å². The van der Waals surface area contributed by atoms with Gasteiger partial charge in [0, 0.05) is 62.5 Å². The van der Waals surface area contributed by atoms with E-state index in [1.54, 1.807) is 12.1 Å². The van der Waals surface area contributed by atoms with E-state index in [-0.39, 0.29) is 5.82 Å². The van der Waals surface area contributed by atoms with Crippen LogP contribution in [0.15, 0.2) is 24.3 Å². The molecule has 0 atom stereocenters. The molecule has 29 heavy (non-hydrogen) atoms. The fraction of sp³-hybridized carbons (Fsp3) is 0.565. The number of aryl methyl sites for hydroxylation is 1. The van der Waals surface area contributed by atoms with Gasteiger partial charge in [-0.2, -0.15) is 0 Å². The van der Waals surface area contributed by atoms with Gasteiger partial charge in [-0.15, -0.1) is 0 Å². The summed E-state index contributed by atoms with van der Waals surface area (Å²) in [6.45, 7) is 10.7. The molecule has 0 radical (unpaired) electrons. The molecule has 0 bridgehead atoms. The van der Waals surface area contributed by atoms with Crippen molar-refractivity contribution in [3.05, 3.63) is 35.8 Å². The number of hydrogen-bond acceptors (Lipinski definition) is 4. The third kappa shape index (κ3) is 4.53. The molecule has 0 unspecified atom stereocenters. The summed E-state index contributed by atoms with van der Waals surface area (Å²) >= 11 is 0. The van der Waals surface area contributed by atoms with Gasteiger partial charge in [0.2, 0.25) is 5.91 Å². The molecule has 5 nitrogen and oxygen atoms in total. The van der Waals surface area contributed by atoms with Crippen molar-refractivity contribution in [1.82, 2.24) is 14.8 Å². The lowest BCUT2D eigenvalue weighted by Crippen LogP contribution is -2.49. The van der Waals surface area contributed by atoms with Gasteiger partial charge >= 0.3 is 0 Å². The van der Waals surface area contributed by atoms with Crippen LogP contribution in [-0.2, 0) is 4.79 Å². The molecule has 1 aromatic carbocycles. The highest BCUT2D eigenvalue weighted by Gasteiger charge is 2.26. The Bertz CT molecular complexity index is 871. The van der Waals surface area contributed by atoms with Crippen molar-refractivity contribution < 1.29 is 9.18 Å². The van der Waals surface area contributed by atoms with Gasteiger partial charge in [-0.1, -0.05) is 6.92 Å². The number of rotatable bonds is 4. The highest BCUT2D eigenvalue weighted by molar-refractivity contribution is 5.92. The average Bonchev–Trinajstić information content (AvgIpc) is 2.74. The fourth-order valence-corrected chi connectivity index (χ4v) is 4.64. The number of piperidine rings is 1. The molecule has 0 aliphatic carbocycles. The summed E-state index contributed by atoms with van der Waals surface area (Å²) in [5.41, 5.74) is 2.85. The van der Waals surface area contributed by atoms with Crippen molar-refractivity contribution in [2.24, 2.45) is 5.92 Å². The van der Waals surface area contributed by atoms with Gasteiger partial charge in [0.25, 0.3) is 0 Å². The van der Waals surface area contributed by atoms with Crippen molar-refractivity contribution in [3.63, 3.8) is 0 Å². The molecule has 0 spiro atoms. The van der Waals surface area contributed by atoms with Crippen LogP contribution >= 0.6 is 0 Å². The number of amides is 1. The number of hydrogen-bond donors (Lipinski definition) is 0. The van der Waals surface area contributed by atoms with E-state index < -0.39 is 0 Å². The maximum atomic E-state index is 13.8. The van der Waals surface area contributed by atoms with Gasteiger partial charge in [0.1, 0.15) is 5.82 Å². The quantitative estimate of drug-likeness (QED) is 0.791. The van der Waals surface area contributed by atoms with Gasteiger partial charge in [0.15, 0.2) is 0 Å². The molecule has 4 rings (SSSR count). The Morgan fingerprint density at radius 3 is 2.52 bits per heavy atom. The number of fused-ring (bicyclic) bond motifs is 1. The van der Waals surface area contributed by atoms with Gasteiger partial charge in [-0.3, -0.25) is 9.78 Å². The molecule has 1 aromatic heterocycles. The smallest absolute Gasteiger partial charge is 0.222 e. The number of benzene rings is 1. The second kappa shape index (κ2) is 8.66. The topological polar surface area (TPSA) is 39.7 Å². The molecule has 6 heteroatoms. The molecule has 2 saturated heterocycles. The van der Waals surface area contributed by atoms with Crippen LogP contribution in [-0.4, -0.2) is 66.5 Å². The number of nitrogens with zero attached hydrogens (tertiary/aromatic N) is 4. The van der Waals surface area contributed by atoms with E-state index in [4.69, 9.17) is 0 Å². The summed E-state index contributed by atoms with van der Waals surface area (Å²) in [4.78, 5) is 24.0. The second-order valence-corrected chi connectivity index (χ2v) is 8.39. The van der Waals surface area contributed by atoms with E-state index in [1.807, 2.05) is 11.8 Å². The lowest BCUT2D eigenvalue weighted by Gasteiger charge is -2.37. The van der Waals surface area contributed by atoms with Crippen LogP contribution in [0.4, 0.5) is 10.1 Å². The third-order valence-corrected chi connectivity index (χ3v) is 6.47. The van der Waals surface area contributed by atoms with Crippen LogP contribution < -0.4 is 4.90 Å². The van der Waals surface area contributed by atoms with Gasteiger partial charge in [-0.25, -0.2) is 4.39 Å². The Balaban J connectivity index is 1.37. The Labute approximate surface area is 172 Å². The number of aromatic nitrogens is 1. The van der Waals surface area contributed by atoms with Crippen molar-refractivity contribution in [2.45, 2.75) is 33.1 Å². The van der Waals surface area contributed by atoms with Crippen LogP contribution in [0, 0.1) is 18.7 Å².